The van der Waals surface area contributed by atoms with E-state index in [1.165, 1.54) is 238 Å². The number of hydrogen-bond acceptors (Lipinski definition) is 4. The Bertz CT molecular complexity index is 803. The molecular weight excluding hydrogens is 703 g/mol. The quantitative estimate of drug-likeness (QED) is 0.0364. The van der Waals surface area contributed by atoms with Crippen LogP contribution in [0.3, 0.4) is 0 Å². The summed E-state index contributed by atoms with van der Waals surface area (Å²) < 4.78 is 0. The van der Waals surface area contributed by atoms with Crippen LogP contribution in [-0.2, 0) is 4.79 Å². The van der Waals surface area contributed by atoms with Crippen LogP contribution in [-0.4, -0.2) is 46.1 Å². The lowest BCUT2D eigenvalue weighted by molar-refractivity contribution is -0.124. The number of amides is 1. The van der Waals surface area contributed by atoms with Crippen molar-refractivity contribution in [2.45, 2.75) is 308 Å². The second-order valence-electron chi connectivity index (χ2n) is 18.1. The summed E-state index contributed by atoms with van der Waals surface area (Å²) >= 11 is 0. The third-order valence-corrected chi connectivity index (χ3v) is 12.3. The van der Waals surface area contributed by atoms with Gasteiger partial charge in [-0.3, -0.25) is 4.79 Å². The zero-order chi connectivity index (χ0) is 41.5. The molecule has 5 heteroatoms. The summed E-state index contributed by atoms with van der Waals surface area (Å²) in [6.45, 7) is 4.25. The second-order valence-corrected chi connectivity index (χ2v) is 18.1. The zero-order valence-electron chi connectivity index (χ0n) is 38.7. The summed E-state index contributed by atoms with van der Waals surface area (Å²) in [5.74, 6) is -0.309. The summed E-state index contributed by atoms with van der Waals surface area (Å²) in [5.41, 5.74) is 0. The van der Waals surface area contributed by atoms with E-state index in [0.29, 0.717) is 6.42 Å². The Kier molecular flexibility index (Phi) is 47.0. The summed E-state index contributed by atoms with van der Waals surface area (Å²) in [4.78, 5) is 12.5. The number of rotatable bonds is 48. The van der Waals surface area contributed by atoms with Gasteiger partial charge in [-0.05, 0) is 19.3 Å². The molecule has 3 unspecified atom stereocenters. The third-order valence-electron chi connectivity index (χ3n) is 12.3. The molecule has 0 saturated carbocycles. The molecule has 340 valence electrons. The Balaban J connectivity index is 3.56. The average molecular weight is 806 g/mol. The van der Waals surface area contributed by atoms with E-state index in [0.717, 1.165) is 25.7 Å². The van der Waals surface area contributed by atoms with Crippen LogP contribution in [0.25, 0.3) is 0 Å². The highest BCUT2D eigenvalue weighted by Gasteiger charge is 2.20. The molecule has 0 aromatic rings. The molecule has 0 aliphatic heterocycles. The number of carbonyl (C=O) groups excluding carboxylic acids is 1. The van der Waals surface area contributed by atoms with Gasteiger partial charge in [0.1, 0.15) is 0 Å². The monoisotopic (exact) mass is 806 g/mol. The Morgan fingerprint density at radius 1 is 0.439 bits per heavy atom. The normalized spacial score (nSPS) is 13.4. The van der Waals surface area contributed by atoms with Crippen LogP contribution in [0.1, 0.15) is 290 Å². The Morgan fingerprint density at radius 2 is 0.719 bits per heavy atom. The first-order chi connectivity index (χ1) is 28.0. The Hall–Kier alpha value is -0.910. The fourth-order valence-electron chi connectivity index (χ4n) is 8.34. The second kappa shape index (κ2) is 47.8. The fourth-order valence-corrected chi connectivity index (χ4v) is 8.34. The molecule has 0 heterocycles. The van der Waals surface area contributed by atoms with Crippen molar-refractivity contribution < 1.29 is 20.1 Å². The summed E-state index contributed by atoms with van der Waals surface area (Å²) in [5, 5.41) is 33.4. The van der Waals surface area contributed by atoms with Crippen molar-refractivity contribution in [1.82, 2.24) is 5.32 Å². The number of allylic oxidation sites excluding steroid dienone is 1. The molecule has 0 aromatic carbocycles. The standard InChI is InChI=1S/C52H103NO4/c1-3-5-7-9-11-13-15-17-19-21-23-24-25-26-28-29-31-33-35-37-39-41-43-45-49(55)47-52(57)53-50(48-54)51(56)46-44-42-40-38-36-34-32-30-27-22-20-18-16-14-12-10-8-6-4-2/h44,46,49-51,54-56H,3-43,45,47-48H2,1-2H3,(H,53,57)/b46-44+. The highest BCUT2D eigenvalue weighted by atomic mass is 16.3. The number of aliphatic hydroxyl groups is 3. The minimum Gasteiger partial charge on any atom is -0.394 e. The van der Waals surface area contributed by atoms with Gasteiger partial charge >= 0.3 is 0 Å². The van der Waals surface area contributed by atoms with Gasteiger partial charge < -0.3 is 20.6 Å². The van der Waals surface area contributed by atoms with Crippen LogP contribution in [0.15, 0.2) is 12.2 Å². The molecule has 5 nitrogen and oxygen atoms in total. The van der Waals surface area contributed by atoms with E-state index < -0.39 is 18.2 Å². The molecule has 57 heavy (non-hydrogen) atoms. The summed E-state index contributed by atoms with van der Waals surface area (Å²) in [6, 6.07) is -0.740. The number of aliphatic hydroxyl groups excluding tert-OH is 3. The predicted molar refractivity (Wildman–Crippen MR) is 250 cm³/mol. The van der Waals surface area contributed by atoms with Crippen molar-refractivity contribution in [3.8, 4) is 0 Å². The van der Waals surface area contributed by atoms with Crippen molar-refractivity contribution in [2.75, 3.05) is 6.61 Å². The fraction of sp³-hybridized carbons (Fsp3) is 0.942. The molecule has 0 saturated heterocycles. The van der Waals surface area contributed by atoms with Crippen LogP contribution in [0.2, 0.25) is 0 Å². The number of carbonyl (C=O) groups is 1. The van der Waals surface area contributed by atoms with Crippen molar-refractivity contribution in [3.05, 3.63) is 12.2 Å². The van der Waals surface area contributed by atoms with Gasteiger partial charge in [0.15, 0.2) is 0 Å². The first-order valence-electron chi connectivity index (χ1n) is 26.0. The smallest absolute Gasteiger partial charge is 0.222 e. The van der Waals surface area contributed by atoms with Crippen LogP contribution < -0.4 is 5.32 Å². The first kappa shape index (κ1) is 56.1. The topological polar surface area (TPSA) is 89.8 Å². The SMILES string of the molecule is CCCCCCCCCCCCCCCCCCC/C=C/C(O)C(CO)NC(=O)CC(O)CCCCCCCCCCCCCCCCCCCCCCCCC. The average Bonchev–Trinajstić information content (AvgIpc) is 3.20. The Labute approximate surface area is 357 Å². The van der Waals surface area contributed by atoms with Gasteiger partial charge in [0, 0.05) is 0 Å². The van der Waals surface area contributed by atoms with Gasteiger partial charge in [-0.25, -0.2) is 0 Å². The van der Waals surface area contributed by atoms with Gasteiger partial charge in [0.05, 0.1) is 31.3 Å². The number of unbranched alkanes of at least 4 members (excludes halogenated alkanes) is 39. The van der Waals surface area contributed by atoms with Crippen molar-refractivity contribution in [1.29, 1.82) is 0 Å². The number of hydrogen-bond donors (Lipinski definition) is 4. The molecule has 4 N–H and O–H groups in total. The highest BCUT2D eigenvalue weighted by Crippen LogP contribution is 2.17. The van der Waals surface area contributed by atoms with Gasteiger partial charge in [-0.2, -0.15) is 0 Å². The van der Waals surface area contributed by atoms with E-state index in [2.05, 4.69) is 19.2 Å². The molecule has 0 aromatic heterocycles. The molecule has 0 fully saturated rings. The molecule has 0 aliphatic rings. The minimum absolute atomic E-state index is 0.0193. The lowest BCUT2D eigenvalue weighted by Crippen LogP contribution is -2.45. The third kappa shape index (κ3) is 44.5. The van der Waals surface area contributed by atoms with Crippen molar-refractivity contribution in [2.24, 2.45) is 0 Å². The van der Waals surface area contributed by atoms with Crippen LogP contribution in [0.5, 0.6) is 0 Å². The lowest BCUT2D eigenvalue weighted by Gasteiger charge is -2.21. The van der Waals surface area contributed by atoms with E-state index in [-0.39, 0.29) is 18.9 Å². The molecular formula is C52H103NO4. The van der Waals surface area contributed by atoms with E-state index >= 15 is 0 Å². The molecule has 0 radical (unpaired) electrons. The molecule has 0 rings (SSSR count). The lowest BCUT2D eigenvalue weighted by atomic mass is 10.0. The first-order valence-corrected chi connectivity index (χ1v) is 26.0. The minimum atomic E-state index is -0.925. The maximum absolute atomic E-state index is 12.5. The Morgan fingerprint density at radius 3 is 1.02 bits per heavy atom. The highest BCUT2D eigenvalue weighted by molar-refractivity contribution is 5.76. The van der Waals surface area contributed by atoms with Gasteiger partial charge in [0.25, 0.3) is 0 Å². The van der Waals surface area contributed by atoms with Crippen LogP contribution >= 0.6 is 0 Å². The largest absolute Gasteiger partial charge is 0.394 e. The van der Waals surface area contributed by atoms with Gasteiger partial charge in [-0.1, -0.05) is 276 Å². The molecule has 0 aliphatic carbocycles. The molecule has 3 atom stereocenters. The van der Waals surface area contributed by atoms with E-state index in [4.69, 9.17) is 0 Å². The van der Waals surface area contributed by atoms with Gasteiger partial charge in [-0.15, -0.1) is 0 Å². The van der Waals surface area contributed by atoms with Crippen LogP contribution in [0, 0.1) is 0 Å². The predicted octanol–water partition coefficient (Wildman–Crippen LogP) is 15.6. The number of nitrogens with one attached hydrogen (secondary N) is 1. The zero-order valence-corrected chi connectivity index (χ0v) is 38.7. The maximum Gasteiger partial charge on any atom is 0.222 e. The van der Waals surface area contributed by atoms with E-state index in [1.807, 2.05) is 6.08 Å². The van der Waals surface area contributed by atoms with E-state index in [9.17, 15) is 20.1 Å². The molecule has 0 spiro atoms. The molecule has 1 amide bonds. The van der Waals surface area contributed by atoms with Crippen LogP contribution in [0.4, 0.5) is 0 Å². The van der Waals surface area contributed by atoms with E-state index in [1.54, 1.807) is 6.08 Å². The summed E-state index contributed by atoms with van der Waals surface area (Å²) in [7, 11) is 0. The van der Waals surface area contributed by atoms with Crippen molar-refractivity contribution in [3.63, 3.8) is 0 Å². The molecule has 0 bridgehead atoms. The van der Waals surface area contributed by atoms with Crippen molar-refractivity contribution >= 4 is 5.91 Å². The maximum atomic E-state index is 12.5. The van der Waals surface area contributed by atoms with Gasteiger partial charge in [0.2, 0.25) is 5.91 Å². The summed E-state index contributed by atoms with van der Waals surface area (Å²) in [6.07, 6.45) is 58.1.